The number of hydrogen-bond acceptors (Lipinski definition) is 6. The van der Waals surface area contributed by atoms with Gasteiger partial charge < -0.3 is 5.11 Å². The van der Waals surface area contributed by atoms with Gasteiger partial charge in [0.15, 0.2) is 17.3 Å². The third-order valence-electron chi connectivity index (χ3n) is 9.30. The molecular weight excluding hydrogens is 637 g/mol. The van der Waals surface area contributed by atoms with Crippen molar-refractivity contribution >= 4 is 11.6 Å². The Balaban J connectivity index is 1.21. The molecule has 10 nitrogen and oxygen atoms in total. The normalized spacial score (nSPS) is 11.6. The Morgan fingerprint density at radius 3 is 1.86 bits per heavy atom. The van der Waals surface area contributed by atoms with Gasteiger partial charge in [0.2, 0.25) is 0 Å². The van der Waals surface area contributed by atoms with Crippen LogP contribution >= 0.6 is 0 Å². The molecule has 0 spiro atoms. The number of hydrogen-bond donors (Lipinski definition) is 1. The van der Waals surface area contributed by atoms with Crippen LogP contribution in [0.4, 0.5) is 0 Å². The Morgan fingerprint density at radius 1 is 0.725 bits per heavy atom. The van der Waals surface area contributed by atoms with E-state index < -0.39 is 11.5 Å². The first-order chi connectivity index (χ1) is 25.1. The number of rotatable bonds is 11. The van der Waals surface area contributed by atoms with Crippen LogP contribution in [0.25, 0.3) is 28.2 Å². The molecule has 0 bridgehead atoms. The zero-order chi connectivity index (χ0) is 34.8. The minimum atomic E-state index is -0.955. The number of carbonyl (C=O) groups is 1. The minimum absolute atomic E-state index is 0.217. The molecule has 51 heavy (non-hydrogen) atoms. The van der Waals surface area contributed by atoms with E-state index >= 15 is 0 Å². The largest absolute Gasteiger partial charge is 0.481 e. The smallest absolute Gasteiger partial charge is 0.311 e. The SMILES string of the molecule is CCc1cn(Cc2ccc(-c3ccccc3-c3nnnn3C(c3ccccc3)(c3ccccc3)c3ccccc3)cc2)n2nc(CC(=O)O)nc12. The number of aliphatic carboxylic acids is 1. The Bertz CT molecular complexity index is 2340. The molecule has 0 saturated heterocycles. The highest BCUT2D eigenvalue weighted by Gasteiger charge is 2.42. The second kappa shape index (κ2) is 13.3. The van der Waals surface area contributed by atoms with Gasteiger partial charge in [-0.3, -0.25) is 9.48 Å². The predicted molar refractivity (Wildman–Crippen MR) is 194 cm³/mol. The second-order valence-electron chi connectivity index (χ2n) is 12.4. The summed E-state index contributed by atoms with van der Waals surface area (Å²) in [5.41, 5.74) is 7.91. The van der Waals surface area contributed by atoms with Crippen molar-refractivity contribution in [3.8, 4) is 22.5 Å². The van der Waals surface area contributed by atoms with Crippen molar-refractivity contribution in [2.24, 2.45) is 0 Å². The Hall–Kier alpha value is -6.68. The first-order valence-corrected chi connectivity index (χ1v) is 16.9. The topological polar surface area (TPSA) is 116 Å². The standard InChI is InChI=1S/C41H34N8O2/c1-2-30-28-47(49-39(30)42-37(44-49)26-38(50)51)27-29-22-24-31(25-23-29)35-20-12-13-21-36(35)40-43-45-46-48(40)41(32-14-6-3-7-15-32,33-16-8-4-9-17-33)34-18-10-5-11-19-34/h3-25,28H,2,26-27H2,1H3,(H,50,51). The number of carboxylic acids is 1. The molecule has 0 aliphatic heterocycles. The average molecular weight is 671 g/mol. The Kier molecular flexibility index (Phi) is 8.25. The fraction of sp³-hybridized carbons (Fsp3) is 0.122. The molecule has 0 radical (unpaired) electrons. The monoisotopic (exact) mass is 670 g/mol. The highest BCUT2D eigenvalue weighted by Crippen LogP contribution is 2.43. The van der Waals surface area contributed by atoms with Gasteiger partial charge in [-0.15, -0.1) is 10.2 Å². The van der Waals surface area contributed by atoms with Crippen molar-refractivity contribution in [3.05, 3.63) is 179 Å². The highest BCUT2D eigenvalue weighted by atomic mass is 16.4. The molecule has 0 saturated carbocycles. The van der Waals surface area contributed by atoms with E-state index in [0.717, 1.165) is 50.9 Å². The van der Waals surface area contributed by atoms with Gasteiger partial charge in [-0.1, -0.05) is 146 Å². The van der Waals surface area contributed by atoms with Crippen LogP contribution in [0, 0.1) is 0 Å². The zero-order valence-corrected chi connectivity index (χ0v) is 27.9. The van der Waals surface area contributed by atoms with Crippen LogP contribution in [0.2, 0.25) is 0 Å². The summed E-state index contributed by atoms with van der Waals surface area (Å²) in [6.07, 6.45) is 2.57. The molecule has 8 aromatic rings. The molecule has 0 atom stereocenters. The van der Waals surface area contributed by atoms with E-state index in [4.69, 9.17) is 10.3 Å². The fourth-order valence-corrected chi connectivity index (χ4v) is 6.98. The summed E-state index contributed by atoms with van der Waals surface area (Å²) in [6, 6.07) is 47.8. The van der Waals surface area contributed by atoms with Crippen LogP contribution in [-0.2, 0) is 29.7 Å². The molecule has 250 valence electrons. The Morgan fingerprint density at radius 2 is 1.29 bits per heavy atom. The molecule has 0 aliphatic carbocycles. The van der Waals surface area contributed by atoms with E-state index in [1.165, 1.54) is 0 Å². The lowest BCUT2D eigenvalue weighted by molar-refractivity contribution is -0.136. The first kappa shape index (κ1) is 31.6. The van der Waals surface area contributed by atoms with Gasteiger partial charge in [-0.05, 0) is 50.2 Å². The maximum Gasteiger partial charge on any atom is 0.311 e. The number of carboxylic acid groups (broad SMARTS) is 1. The van der Waals surface area contributed by atoms with Gasteiger partial charge >= 0.3 is 5.97 Å². The average Bonchev–Trinajstić information content (AvgIpc) is 3.90. The zero-order valence-electron chi connectivity index (χ0n) is 27.9. The minimum Gasteiger partial charge on any atom is -0.481 e. The van der Waals surface area contributed by atoms with Gasteiger partial charge in [0.1, 0.15) is 12.0 Å². The predicted octanol–water partition coefficient (Wildman–Crippen LogP) is 6.93. The molecule has 3 aromatic heterocycles. The van der Waals surface area contributed by atoms with E-state index in [1.807, 2.05) is 45.9 Å². The lowest BCUT2D eigenvalue weighted by atomic mass is 9.77. The van der Waals surface area contributed by atoms with E-state index in [-0.39, 0.29) is 6.42 Å². The second-order valence-corrected chi connectivity index (χ2v) is 12.4. The summed E-state index contributed by atoms with van der Waals surface area (Å²) in [7, 11) is 0. The molecule has 1 N–H and O–H groups in total. The molecule has 8 rings (SSSR count). The summed E-state index contributed by atoms with van der Waals surface area (Å²) < 4.78 is 5.64. The van der Waals surface area contributed by atoms with E-state index in [2.05, 4.69) is 131 Å². The van der Waals surface area contributed by atoms with E-state index in [0.29, 0.717) is 23.8 Å². The van der Waals surface area contributed by atoms with Gasteiger partial charge in [-0.2, -0.15) is 4.63 Å². The molecule has 0 aliphatic rings. The molecule has 5 aromatic carbocycles. The molecule has 0 unspecified atom stereocenters. The molecule has 0 fully saturated rings. The van der Waals surface area contributed by atoms with Crippen LogP contribution in [0.5, 0.6) is 0 Å². The molecular formula is C41H34N8O2. The Labute approximate surface area is 294 Å². The number of tetrazole rings is 1. The van der Waals surface area contributed by atoms with Crippen LogP contribution in [0.15, 0.2) is 146 Å². The summed E-state index contributed by atoms with van der Waals surface area (Å²) in [5.74, 6) is -0.0216. The molecule has 10 heteroatoms. The fourth-order valence-electron chi connectivity index (χ4n) is 6.98. The third-order valence-corrected chi connectivity index (χ3v) is 9.30. The van der Waals surface area contributed by atoms with Crippen LogP contribution in [0.1, 0.15) is 40.6 Å². The van der Waals surface area contributed by atoms with E-state index in [1.54, 1.807) is 4.63 Å². The van der Waals surface area contributed by atoms with Crippen molar-refractivity contribution in [1.82, 2.24) is 39.6 Å². The number of aryl methyl sites for hydroxylation is 1. The van der Waals surface area contributed by atoms with Gasteiger partial charge in [-0.25, -0.2) is 9.67 Å². The van der Waals surface area contributed by atoms with Gasteiger partial charge in [0.25, 0.3) is 0 Å². The summed E-state index contributed by atoms with van der Waals surface area (Å²) >= 11 is 0. The van der Waals surface area contributed by atoms with Crippen LogP contribution < -0.4 is 0 Å². The van der Waals surface area contributed by atoms with Crippen molar-refractivity contribution in [1.29, 1.82) is 0 Å². The van der Waals surface area contributed by atoms with Crippen molar-refractivity contribution < 1.29 is 9.90 Å². The number of aromatic nitrogens is 8. The lowest BCUT2D eigenvalue weighted by Gasteiger charge is -2.36. The summed E-state index contributed by atoms with van der Waals surface area (Å²) in [4.78, 5) is 15.8. The van der Waals surface area contributed by atoms with Crippen molar-refractivity contribution in [3.63, 3.8) is 0 Å². The van der Waals surface area contributed by atoms with Crippen LogP contribution in [0.3, 0.4) is 0 Å². The maximum absolute atomic E-state index is 11.3. The van der Waals surface area contributed by atoms with E-state index in [9.17, 15) is 9.90 Å². The van der Waals surface area contributed by atoms with Crippen LogP contribution in [-0.4, -0.2) is 50.7 Å². The number of fused-ring (bicyclic) bond motifs is 1. The first-order valence-electron chi connectivity index (χ1n) is 16.9. The van der Waals surface area contributed by atoms with Gasteiger partial charge in [0, 0.05) is 17.3 Å². The number of benzene rings is 5. The maximum atomic E-state index is 11.3. The lowest BCUT2D eigenvalue weighted by Crippen LogP contribution is -2.39. The number of nitrogens with zero attached hydrogens (tertiary/aromatic N) is 8. The molecule has 3 heterocycles. The summed E-state index contributed by atoms with van der Waals surface area (Å²) in [6.45, 7) is 2.59. The van der Waals surface area contributed by atoms with Crippen molar-refractivity contribution in [2.75, 3.05) is 0 Å². The molecule has 0 amide bonds. The quantitative estimate of drug-likeness (QED) is 0.148. The van der Waals surface area contributed by atoms with Crippen molar-refractivity contribution in [2.45, 2.75) is 31.8 Å². The summed E-state index contributed by atoms with van der Waals surface area (Å²) in [5, 5.41) is 27.5. The van der Waals surface area contributed by atoms with Gasteiger partial charge in [0.05, 0.1) is 6.54 Å². The highest BCUT2D eigenvalue weighted by molar-refractivity contribution is 5.81. The third kappa shape index (κ3) is 5.66.